The summed E-state index contributed by atoms with van der Waals surface area (Å²) in [5.74, 6) is 1.21. The van der Waals surface area contributed by atoms with E-state index in [0.717, 1.165) is 6.54 Å². The summed E-state index contributed by atoms with van der Waals surface area (Å²) in [5.41, 5.74) is 0.354. The van der Waals surface area contributed by atoms with E-state index in [0.29, 0.717) is 11.5 Å². The van der Waals surface area contributed by atoms with Gasteiger partial charge >= 0.3 is 0 Å². The van der Waals surface area contributed by atoms with E-state index < -0.39 is 0 Å². The molecule has 1 atom stereocenters. The van der Waals surface area contributed by atoms with Gasteiger partial charge in [-0.1, -0.05) is 45.9 Å². The van der Waals surface area contributed by atoms with E-state index >= 15 is 0 Å². The molecule has 0 saturated heterocycles. The van der Waals surface area contributed by atoms with Crippen LogP contribution in [0.2, 0.25) is 0 Å². The Kier molecular flexibility index (Phi) is 7.55. The van der Waals surface area contributed by atoms with Crippen LogP contribution in [0.5, 0.6) is 0 Å². The summed E-state index contributed by atoms with van der Waals surface area (Å²) in [6, 6.07) is 11.3. The average Bonchev–Trinajstić information content (AvgIpc) is 2.37. The highest BCUT2D eigenvalue weighted by molar-refractivity contribution is 7.99. The van der Waals surface area contributed by atoms with E-state index in [4.69, 9.17) is 0 Å². The van der Waals surface area contributed by atoms with Crippen LogP contribution in [0.4, 0.5) is 0 Å². The molecule has 1 N–H and O–H groups in total. The van der Waals surface area contributed by atoms with E-state index in [2.05, 4.69) is 63.3 Å². The standard InChI is InChI=1S/C17H29NS/c1-5-13-18-16(17(2,3)4)12-9-14-19-15-10-7-6-8-11-15/h6-8,10-11,16,18H,5,9,12-14H2,1-4H3. The molecule has 0 fully saturated rings. The summed E-state index contributed by atoms with van der Waals surface area (Å²) in [6.07, 6.45) is 3.76. The largest absolute Gasteiger partial charge is 0.313 e. The van der Waals surface area contributed by atoms with Gasteiger partial charge in [-0.25, -0.2) is 0 Å². The van der Waals surface area contributed by atoms with Crippen LogP contribution in [0, 0.1) is 5.41 Å². The lowest BCUT2D eigenvalue weighted by atomic mass is 9.84. The third kappa shape index (κ3) is 7.03. The van der Waals surface area contributed by atoms with Crippen molar-refractivity contribution in [2.45, 2.75) is 57.9 Å². The minimum atomic E-state index is 0.354. The molecule has 0 spiro atoms. The Hall–Kier alpha value is -0.470. The fourth-order valence-corrected chi connectivity index (χ4v) is 3.05. The number of hydrogen-bond donors (Lipinski definition) is 1. The molecule has 1 unspecified atom stereocenters. The Morgan fingerprint density at radius 1 is 1.16 bits per heavy atom. The van der Waals surface area contributed by atoms with E-state index in [9.17, 15) is 0 Å². The van der Waals surface area contributed by atoms with E-state index in [1.54, 1.807) is 0 Å². The lowest BCUT2D eigenvalue weighted by Crippen LogP contribution is -2.40. The molecule has 0 aliphatic heterocycles. The van der Waals surface area contributed by atoms with Crippen molar-refractivity contribution in [2.24, 2.45) is 5.41 Å². The highest BCUT2D eigenvalue weighted by atomic mass is 32.2. The maximum atomic E-state index is 3.70. The van der Waals surface area contributed by atoms with Crippen molar-refractivity contribution in [3.63, 3.8) is 0 Å². The molecule has 0 amide bonds. The number of thioether (sulfide) groups is 1. The molecule has 0 saturated carbocycles. The molecule has 1 rings (SSSR count). The third-order valence-corrected chi connectivity index (χ3v) is 4.43. The van der Waals surface area contributed by atoms with Crippen LogP contribution in [0.1, 0.15) is 47.0 Å². The summed E-state index contributed by atoms with van der Waals surface area (Å²) in [5, 5.41) is 3.70. The molecule has 0 aliphatic carbocycles. The predicted molar refractivity (Wildman–Crippen MR) is 87.9 cm³/mol. The molecule has 0 aromatic heterocycles. The lowest BCUT2D eigenvalue weighted by molar-refractivity contribution is 0.254. The summed E-state index contributed by atoms with van der Waals surface area (Å²) < 4.78 is 0. The molecule has 1 aromatic carbocycles. The zero-order valence-electron chi connectivity index (χ0n) is 12.9. The second kappa shape index (κ2) is 8.65. The molecule has 108 valence electrons. The minimum Gasteiger partial charge on any atom is -0.313 e. The first-order valence-corrected chi connectivity index (χ1v) is 8.44. The predicted octanol–water partition coefficient (Wildman–Crippen LogP) is 4.97. The average molecular weight is 279 g/mol. The second-order valence-corrected chi connectivity index (χ2v) is 7.34. The summed E-state index contributed by atoms with van der Waals surface area (Å²) in [7, 11) is 0. The zero-order valence-corrected chi connectivity index (χ0v) is 13.7. The van der Waals surface area contributed by atoms with Crippen LogP contribution in [-0.4, -0.2) is 18.3 Å². The maximum Gasteiger partial charge on any atom is 0.0116 e. The first-order chi connectivity index (χ1) is 9.04. The molecular formula is C17H29NS. The van der Waals surface area contributed by atoms with Crippen molar-refractivity contribution in [3.05, 3.63) is 30.3 Å². The van der Waals surface area contributed by atoms with Crippen molar-refractivity contribution in [3.8, 4) is 0 Å². The summed E-state index contributed by atoms with van der Waals surface area (Å²) in [6.45, 7) is 10.4. The first-order valence-electron chi connectivity index (χ1n) is 7.45. The van der Waals surface area contributed by atoms with Gasteiger partial charge in [0, 0.05) is 10.9 Å². The van der Waals surface area contributed by atoms with Crippen LogP contribution in [0.15, 0.2) is 35.2 Å². The van der Waals surface area contributed by atoms with Crippen LogP contribution in [0.25, 0.3) is 0 Å². The molecule has 2 heteroatoms. The van der Waals surface area contributed by atoms with Gasteiger partial charge in [-0.2, -0.15) is 0 Å². The van der Waals surface area contributed by atoms with Gasteiger partial charge in [-0.15, -0.1) is 11.8 Å². The topological polar surface area (TPSA) is 12.0 Å². The first kappa shape index (κ1) is 16.6. The van der Waals surface area contributed by atoms with Crippen LogP contribution < -0.4 is 5.32 Å². The van der Waals surface area contributed by atoms with Gasteiger partial charge in [0.15, 0.2) is 0 Å². The second-order valence-electron chi connectivity index (χ2n) is 6.18. The van der Waals surface area contributed by atoms with Crippen LogP contribution in [0.3, 0.4) is 0 Å². The molecular weight excluding hydrogens is 250 g/mol. The van der Waals surface area contributed by atoms with Crippen molar-refractivity contribution in [1.82, 2.24) is 5.32 Å². The highest BCUT2D eigenvalue weighted by Crippen LogP contribution is 2.25. The Balaban J connectivity index is 2.28. The molecule has 1 nitrogen and oxygen atoms in total. The fraction of sp³-hybridized carbons (Fsp3) is 0.647. The monoisotopic (exact) mass is 279 g/mol. The summed E-state index contributed by atoms with van der Waals surface area (Å²) >= 11 is 1.97. The van der Waals surface area contributed by atoms with Crippen molar-refractivity contribution in [1.29, 1.82) is 0 Å². The highest BCUT2D eigenvalue weighted by Gasteiger charge is 2.23. The molecule has 1 aromatic rings. The van der Waals surface area contributed by atoms with Gasteiger partial charge < -0.3 is 5.32 Å². The molecule has 0 aliphatic rings. The normalized spacial score (nSPS) is 13.5. The number of rotatable bonds is 8. The Morgan fingerprint density at radius 2 is 1.84 bits per heavy atom. The van der Waals surface area contributed by atoms with Gasteiger partial charge in [0.2, 0.25) is 0 Å². The fourth-order valence-electron chi connectivity index (χ4n) is 2.15. The van der Waals surface area contributed by atoms with E-state index in [1.807, 2.05) is 11.8 Å². The van der Waals surface area contributed by atoms with E-state index in [-0.39, 0.29) is 0 Å². The van der Waals surface area contributed by atoms with Gasteiger partial charge in [0.05, 0.1) is 0 Å². The van der Waals surface area contributed by atoms with Crippen molar-refractivity contribution >= 4 is 11.8 Å². The smallest absolute Gasteiger partial charge is 0.0116 e. The van der Waals surface area contributed by atoms with Crippen LogP contribution in [-0.2, 0) is 0 Å². The van der Waals surface area contributed by atoms with Gasteiger partial charge in [-0.05, 0) is 49.1 Å². The summed E-state index contributed by atoms with van der Waals surface area (Å²) in [4.78, 5) is 1.39. The molecule has 0 heterocycles. The Labute approximate surface area is 123 Å². The van der Waals surface area contributed by atoms with Crippen molar-refractivity contribution in [2.75, 3.05) is 12.3 Å². The molecule has 0 bridgehead atoms. The van der Waals surface area contributed by atoms with Gasteiger partial charge in [0.25, 0.3) is 0 Å². The maximum absolute atomic E-state index is 3.70. The lowest BCUT2D eigenvalue weighted by Gasteiger charge is -2.31. The zero-order chi connectivity index (χ0) is 14.1. The SMILES string of the molecule is CCCNC(CCCSc1ccccc1)C(C)(C)C. The van der Waals surface area contributed by atoms with Gasteiger partial charge in [0.1, 0.15) is 0 Å². The Morgan fingerprint density at radius 3 is 2.42 bits per heavy atom. The minimum absolute atomic E-state index is 0.354. The quantitative estimate of drug-likeness (QED) is 0.532. The number of benzene rings is 1. The van der Waals surface area contributed by atoms with Gasteiger partial charge in [-0.3, -0.25) is 0 Å². The van der Waals surface area contributed by atoms with Crippen molar-refractivity contribution < 1.29 is 0 Å². The number of hydrogen-bond acceptors (Lipinski definition) is 2. The number of nitrogens with one attached hydrogen (secondary N) is 1. The molecule has 0 radical (unpaired) electrons. The Bertz CT molecular complexity index is 329. The van der Waals surface area contributed by atoms with E-state index in [1.165, 1.54) is 29.9 Å². The van der Waals surface area contributed by atoms with Crippen LogP contribution >= 0.6 is 11.8 Å². The molecule has 19 heavy (non-hydrogen) atoms. The third-order valence-electron chi connectivity index (χ3n) is 3.34.